The summed E-state index contributed by atoms with van der Waals surface area (Å²) in [4.78, 5) is 0. The number of hydrogen-bond acceptors (Lipinski definition) is 2. The minimum Gasteiger partial charge on any atom is -0.381 e. The molecule has 0 aromatic carbocycles. The molecule has 0 amide bonds. The van der Waals surface area contributed by atoms with Gasteiger partial charge in [-0.1, -0.05) is 40.0 Å². The van der Waals surface area contributed by atoms with E-state index in [4.69, 9.17) is 4.74 Å². The van der Waals surface area contributed by atoms with Crippen molar-refractivity contribution in [3.8, 4) is 0 Å². The van der Waals surface area contributed by atoms with Crippen molar-refractivity contribution in [2.75, 3.05) is 26.3 Å². The Bertz CT molecular complexity index is 174. The van der Waals surface area contributed by atoms with Crippen LogP contribution in [0, 0.1) is 11.3 Å². The van der Waals surface area contributed by atoms with Gasteiger partial charge in [0.1, 0.15) is 0 Å². The Kier molecular flexibility index (Phi) is 6.37. The van der Waals surface area contributed by atoms with E-state index in [9.17, 15) is 0 Å². The smallest absolute Gasteiger partial charge is 0.0535 e. The molecule has 1 N–H and O–H groups in total. The third-order valence-electron chi connectivity index (χ3n) is 3.55. The second-order valence-corrected chi connectivity index (χ2v) is 5.78. The zero-order chi connectivity index (χ0) is 11.9. The predicted octanol–water partition coefficient (Wildman–Crippen LogP) is 3.22. The molecule has 2 nitrogen and oxygen atoms in total. The molecule has 0 spiro atoms. The first-order valence-corrected chi connectivity index (χ1v) is 6.97. The maximum Gasteiger partial charge on any atom is 0.0535 e. The number of unbranched alkanes of at least 4 members (excludes halogenated alkanes) is 2. The predicted molar refractivity (Wildman–Crippen MR) is 69.7 cm³/mol. The van der Waals surface area contributed by atoms with Crippen molar-refractivity contribution < 1.29 is 4.74 Å². The molecule has 16 heavy (non-hydrogen) atoms. The summed E-state index contributed by atoms with van der Waals surface area (Å²) >= 11 is 0. The Morgan fingerprint density at radius 2 is 2.12 bits per heavy atom. The van der Waals surface area contributed by atoms with Crippen molar-refractivity contribution in [3.63, 3.8) is 0 Å². The third kappa shape index (κ3) is 4.84. The van der Waals surface area contributed by atoms with Crippen molar-refractivity contribution in [1.82, 2.24) is 5.32 Å². The maximum atomic E-state index is 5.61. The lowest BCUT2D eigenvalue weighted by atomic mass is 9.81. The van der Waals surface area contributed by atoms with Gasteiger partial charge >= 0.3 is 0 Å². The molecular formula is C14H29NO. The highest BCUT2D eigenvalue weighted by Crippen LogP contribution is 2.33. The fourth-order valence-electron chi connectivity index (χ4n) is 2.45. The first kappa shape index (κ1) is 14.0. The van der Waals surface area contributed by atoms with Gasteiger partial charge in [0.25, 0.3) is 0 Å². The summed E-state index contributed by atoms with van der Waals surface area (Å²) in [5, 5.41) is 3.61. The minimum atomic E-state index is 0.448. The van der Waals surface area contributed by atoms with E-state index in [2.05, 4.69) is 26.1 Å². The van der Waals surface area contributed by atoms with Crippen LogP contribution in [0.3, 0.4) is 0 Å². The van der Waals surface area contributed by atoms with Crippen molar-refractivity contribution >= 4 is 0 Å². The summed E-state index contributed by atoms with van der Waals surface area (Å²) < 4.78 is 5.61. The van der Waals surface area contributed by atoms with Crippen LogP contribution in [-0.2, 0) is 4.74 Å². The quantitative estimate of drug-likeness (QED) is 0.643. The molecule has 0 aromatic heterocycles. The lowest BCUT2D eigenvalue weighted by Gasteiger charge is -2.28. The molecule has 1 aliphatic rings. The van der Waals surface area contributed by atoms with E-state index < -0.39 is 0 Å². The highest BCUT2D eigenvalue weighted by Gasteiger charge is 2.33. The summed E-state index contributed by atoms with van der Waals surface area (Å²) in [6.07, 6.45) is 6.64. The molecule has 1 heterocycles. The normalized spacial score (nSPS) is 25.5. The molecular weight excluding hydrogens is 198 g/mol. The van der Waals surface area contributed by atoms with Gasteiger partial charge in [0.2, 0.25) is 0 Å². The van der Waals surface area contributed by atoms with Crippen LogP contribution in [0.1, 0.15) is 52.9 Å². The van der Waals surface area contributed by atoms with E-state index in [1.54, 1.807) is 0 Å². The largest absolute Gasteiger partial charge is 0.381 e. The van der Waals surface area contributed by atoms with Gasteiger partial charge in [0.15, 0.2) is 0 Å². The SMILES string of the molecule is CCCCCC1(CNCC(C)C)CCOC1. The summed E-state index contributed by atoms with van der Waals surface area (Å²) in [6.45, 7) is 11.0. The Morgan fingerprint density at radius 1 is 1.31 bits per heavy atom. The van der Waals surface area contributed by atoms with E-state index in [1.165, 1.54) is 32.1 Å². The van der Waals surface area contributed by atoms with Crippen molar-refractivity contribution in [2.24, 2.45) is 11.3 Å². The summed E-state index contributed by atoms with van der Waals surface area (Å²) in [7, 11) is 0. The molecule has 0 saturated carbocycles. The fourth-order valence-corrected chi connectivity index (χ4v) is 2.45. The molecule has 1 fully saturated rings. The third-order valence-corrected chi connectivity index (χ3v) is 3.55. The zero-order valence-corrected chi connectivity index (χ0v) is 11.3. The Labute approximate surface area is 101 Å². The van der Waals surface area contributed by atoms with Gasteiger partial charge in [-0.2, -0.15) is 0 Å². The summed E-state index contributed by atoms with van der Waals surface area (Å²) in [5.41, 5.74) is 0.448. The lowest BCUT2D eigenvalue weighted by molar-refractivity contribution is 0.141. The monoisotopic (exact) mass is 227 g/mol. The Hall–Kier alpha value is -0.0800. The second-order valence-electron chi connectivity index (χ2n) is 5.78. The molecule has 96 valence electrons. The van der Waals surface area contributed by atoms with Gasteiger partial charge in [-0.3, -0.25) is 0 Å². The molecule has 1 saturated heterocycles. The maximum absolute atomic E-state index is 5.61. The van der Waals surface area contributed by atoms with Crippen LogP contribution < -0.4 is 5.32 Å². The highest BCUT2D eigenvalue weighted by molar-refractivity contribution is 4.85. The van der Waals surface area contributed by atoms with Gasteiger partial charge in [-0.25, -0.2) is 0 Å². The van der Waals surface area contributed by atoms with Gasteiger partial charge in [-0.05, 0) is 25.3 Å². The lowest BCUT2D eigenvalue weighted by Crippen LogP contribution is -2.36. The van der Waals surface area contributed by atoms with Crippen molar-refractivity contribution in [3.05, 3.63) is 0 Å². The van der Waals surface area contributed by atoms with Crippen LogP contribution in [0.2, 0.25) is 0 Å². The van der Waals surface area contributed by atoms with E-state index in [0.717, 1.165) is 32.2 Å². The van der Waals surface area contributed by atoms with Crippen molar-refractivity contribution in [2.45, 2.75) is 52.9 Å². The second kappa shape index (κ2) is 7.29. The van der Waals surface area contributed by atoms with Gasteiger partial charge < -0.3 is 10.1 Å². The molecule has 0 aliphatic carbocycles. The molecule has 0 aromatic rings. The van der Waals surface area contributed by atoms with E-state index in [-0.39, 0.29) is 0 Å². The molecule has 0 radical (unpaired) electrons. The molecule has 0 bridgehead atoms. The fraction of sp³-hybridized carbons (Fsp3) is 1.00. The number of nitrogens with one attached hydrogen (secondary N) is 1. The molecule has 1 atom stereocenters. The molecule has 1 rings (SSSR count). The number of rotatable bonds is 8. The van der Waals surface area contributed by atoms with E-state index >= 15 is 0 Å². The first-order chi connectivity index (χ1) is 7.68. The van der Waals surface area contributed by atoms with Gasteiger partial charge in [-0.15, -0.1) is 0 Å². The average Bonchev–Trinajstić information content (AvgIpc) is 2.67. The van der Waals surface area contributed by atoms with Crippen LogP contribution in [0.4, 0.5) is 0 Å². The molecule has 2 heteroatoms. The van der Waals surface area contributed by atoms with Crippen LogP contribution in [-0.4, -0.2) is 26.3 Å². The Morgan fingerprint density at radius 3 is 2.69 bits per heavy atom. The van der Waals surface area contributed by atoms with Crippen LogP contribution in [0.15, 0.2) is 0 Å². The summed E-state index contributed by atoms with van der Waals surface area (Å²) in [5.74, 6) is 0.745. The molecule has 1 unspecified atom stereocenters. The van der Waals surface area contributed by atoms with Crippen LogP contribution in [0.25, 0.3) is 0 Å². The number of ether oxygens (including phenoxy) is 1. The van der Waals surface area contributed by atoms with Crippen molar-refractivity contribution in [1.29, 1.82) is 0 Å². The van der Waals surface area contributed by atoms with E-state index in [1.807, 2.05) is 0 Å². The Balaban J connectivity index is 2.27. The summed E-state index contributed by atoms with van der Waals surface area (Å²) in [6, 6.07) is 0. The topological polar surface area (TPSA) is 21.3 Å². The van der Waals surface area contributed by atoms with Gasteiger partial charge in [0, 0.05) is 18.6 Å². The zero-order valence-electron chi connectivity index (χ0n) is 11.3. The van der Waals surface area contributed by atoms with Crippen LogP contribution >= 0.6 is 0 Å². The highest BCUT2D eigenvalue weighted by atomic mass is 16.5. The standard InChI is InChI=1S/C14H29NO/c1-4-5-6-7-14(8-9-16-12-14)11-15-10-13(2)3/h13,15H,4-12H2,1-3H3. The van der Waals surface area contributed by atoms with Crippen LogP contribution in [0.5, 0.6) is 0 Å². The number of hydrogen-bond donors (Lipinski definition) is 1. The first-order valence-electron chi connectivity index (χ1n) is 6.97. The van der Waals surface area contributed by atoms with Gasteiger partial charge in [0.05, 0.1) is 6.61 Å². The van der Waals surface area contributed by atoms with E-state index in [0.29, 0.717) is 5.41 Å². The minimum absolute atomic E-state index is 0.448. The average molecular weight is 227 g/mol. The molecule has 1 aliphatic heterocycles.